The summed E-state index contributed by atoms with van der Waals surface area (Å²) in [5.41, 5.74) is 1.12. The first-order valence-corrected chi connectivity index (χ1v) is 12.8. The zero-order chi connectivity index (χ0) is 27.8. The molecule has 1 atom stereocenters. The summed E-state index contributed by atoms with van der Waals surface area (Å²) < 4.78 is 57.3. The van der Waals surface area contributed by atoms with E-state index in [0.29, 0.717) is 42.3 Å². The minimum Gasteiger partial charge on any atom is -0.454 e. The number of nitrogens with one attached hydrogen (secondary N) is 1. The lowest BCUT2D eigenvalue weighted by Crippen LogP contribution is -2.49. The van der Waals surface area contributed by atoms with E-state index < -0.39 is 24.0 Å². The molecule has 2 aliphatic rings. The highest BCUT2D eigenvalue weighted by Gasteiger charge is 2.46. The number of rotatable bonds is 11. The number of fused-ring (bicyclic) bond motifs is 1. The van der Waals surface area contributed by atoms with Gasteiger partial charge in [-0.3, -0.25) is 14.6 Å². The molecule has 2 aromatic rings. The van der Waals surface area contributed by atoms with Crippen molar-refractivity contribution in [3.05, 3.63) is 53.9 Å². The number of alkyl halides is 3. The summed E-state index contributed by atoms with van der Waals surface area (Å²) in [5, 5.41) is 2.72. The number of piperidine rings is 1. The number of hydrogen-bond donors (Lipinski definition) is 1. The number of carbonyl (C=O) groups is 2. The number of aromatic nitrogens is 1. The highest BCUT2D eigenvalue weighted by atomic mass is 19.4. The van der Waals surface area contributed by atoms with E-state index in [2.05, 4.69) is 10.3 Å². The minimum atomic E-state index is -5.15. The van der Waals surface area contributed by atoms with Crippen LogP contribution in [0.4, 0.5) is 13.2 Å². The van der Waals surface area contributed by atoms with Crippen molar-refractivity contribution in [2.75, 3.05) is 40.1 Å². The Kier molecular flexibility index (Phi) is 9.68. The zero-order valence-corrected chi connectivity index (χ0v) is 21.7. The average Bonchev–Trinajstić information content (AvgIpc) is 3.40. The fourth-order valence-corrected chi connectivity index (χ4v) is 4.86. The van der Waals surface area contributed by atoms with Crippen LogP contribution in [0.15, 0.2) is 42.7 Å². The van der Waals surface area contributed by atoms with Gasteiger partial charge in [-0.25, -0.2) is 0 Å². The molecule has 2 aliphatic heterocycles. The Morgan fingerprint density at radius 2 is 1.90 bits per heavy atom. The maximum absolute atomic E-state index is 13.8. The van der Waals surface area contributed by atoms with Crippen LogP contribution >= 0.6 is 0 Å². The fraction of sp³-hybridized carbons (Fsp3) is 0.500. The number of amides is 2. The SMILES string of the molecule is CO[B]N1CCC(CCN(C(=O)C(F)(F)F)C(C(=O)NCCc2ccncc2)c2ccc3c(c2)OCO3)CC1. The Hall–Kier alpha value is -3.32. The zero-order valence-electron chi connectivity index (χ0n) is 21.7. The number of pyridine rings is 1. The van der Waals surface area contributed by atoms with Crippen molar-refractivity contribution < 1.29 is 36.9 Å². The molecule has 9 nitrogen and oxygen atoms in total. The summed E-state index contributed by atoms with van der Waals surface area (Å²) >= 11 is 0. The van der Waals surface area contributed by atoms with E-state index in [-0.39, 0.29) is 31.4 Å². The van der Waals surface area contributed by atoms with Crippen molar-refractivity contribution in [3.63, 3.8) is 0 Å². The molecule has 39 heavy (non-hydrogen) atoms. The van der Waals surface area contributed by atoms with E-state index in [1.54, 1.807) is 39.3 Å². The van der Waals surface area contributed by atoms with Gasteiger partial charge in [0.2, 0.25) is 12.7 Å². The molecule has 0 aliphatic carbocycles. The van der Waals surface area contributed by atoms with Crippen molar-refractivity contribution in [1.82, 2.24) is 20.0 Å². The van der Waals surface area contributed by atoms with Crippen molar-refractivity contribution in [1.29, 1.82) is 0 Å². The molecular formula is C26H31BF3N4O5. The van der Waals surface area contributed by atoms with Gasteiger partial charge in [-0.1, -0.05) is 6.07 Å². The summed E-state index contributed by atoms with van der Waals surface area (Å²) in [6, 6.07) is 6.56. The molecule has 3 heterocycles. The summed E-state index contributed by atoms with van der Waals surface area (Å²) in [7, 11) is 3.19. The number of carbonyl (C=O) groups excluding carboxylic acids is 2. The van der Waals surface area contributed by atoms with Crippen molar-refractivity contribution in [2.24, 2.45) is 5.92 Å². The van der Waals surface area contributed by atoms with Crippen LogP contribution in [0.25, 0.3) is 0 Å². The fourth-order valence-electron chi connectivity index (χ4n) is 4.86. The van der Waals surface area contributed by atoms with Crippen LogP contribution in [0.2, 0.25) is 0 Å². The van der Waals surface area contributed by atoms with E-state index in [4.69, 9.17) is 14.1 Å². The van der Waals surface area contributed by atoms with E-state index in [0.717, 1.165) is 18.4 Å². The summed E-state index contributed by atoms with van der Waals surface area (Å²) in [5.74, 6) is -1.93. The molecule has 0 saturated carbocycles. The average molecular weight is 547 g/mol. The molecule has 0 spiro atoms. The quantitative estimate of drug-likeness (QED) is 0.433. The van der Waals surface area contributed by atoms with Crippen LogP contribution in [0.3, 0.4) is 0 Å². The van der Waals surface area contributed by atoms with Crippen molar-refractivity contribution in [3.8, 4) is 11.5 Å². The third kappa shape index (κ3) is 7.63. The summed E-state index contributed by atoms with van der Waals surface area (Å²) in [6.45, 7) is 1.31. The van der Waals surface area contributed by atoms with E-state index in [1.807, 2.05) is 4.81 Å². The van der Waals surface area contributed by atoms with Crippen LogP contribution in [0, 0.1) is 5.92 Å². The third-order valence-electron chi connectivity index (χ3n) is 6.92. The normalized spacial score (nSPS) is 16.5. The Morgan fingerprint density at radius 3 is 2.59 bits per heavy atom. The van der Waals surface area contributed by atoms with Crippen molar-refractivity contribution >= 4 is 19.4 Å². The van der Waals surface area contributed by atoms with Crippen molar-refractivity contribution in [2.45, 2.75) is 37.9 Å². The lowest BCUT2D eigenvalue weighted by Gasteiger charge is -2.35. The van der Waals surface area contributed by atoms with Gasteiger partial charge in [0.15, 0.2) is 11.5 Å². The largest absolute Gasteiger partial charge is 0.471 e. The highest BCUT2D eigenvalue weighted by Crippen LogP contribution is 2.37. The molecule has 1 radical (unpaired) electrons. The van der Waals surface area contributed by atoms with Gasteiger partial charge in [0.25, 0.3) is 0 Å². The number of nitrogens with zero attached hydrogens (tertiary/aromatic N) is 3. The molecule has 2 amide bonds. The molecule has 1 saturated heterocycles. The van der Waals surface area contributed by atoms with Crippen LogP contribution in [-0.4, -0.2) is 80.4 Å². The van der Waals surface area contributed by atoms with Gasteiger partial charge in [0.1, 0.15) is 6.04 Å². The predicted octanol–water partition coefficient (Wildman–Crippen LogP) is 2.88. The maximum atomic E-state index is 13.8. The van der Waals surface area contributed by atoms with Gasteiger partial charge in [-0.2, -0.15) is 13.2 Å². The predicted molar refractivity (Wildman–Crippen MR) is 136 cm³/mol. The molecule has 1 N–H and O–H groups in total. The van der Waals surface area contributed by atoms with Crippen LogP contribution in [-0.2, 0) is 20.7 Å². The van der Waals surface area contributed by atoms with E-state index in [1.165, 1.54) is 18.2 Å². The molecule has 4 rings (SSSR count). The molecule has 1 aromatic heterocycles. The minimum absolute atomic E-state index is 0.0357. The molecule has 1 aromatic carbocycles. The van der Waals surface area contributed by atoms with Gasteiger partial charge in [0.05, 0.1) is 0 Å². The number of halogens is 3. The first-order valence-electron chi connectivity index (χ1n) is 12.8. The lowest BCUT2D eigenvalue weighted by molar-refractivity contribution is -0.189. The number of ether oxygens (including phenoxy) is 2. The van der Waals surface area contributed by atoms with Crippen LogP contribution in [0.1, 0.15) is 36.4 Å². The van der Waals surface area contributed by atoms with Crippen LogP contribution < -0.4 is 14.8 Å². The van der Waals surface area contributed by atoms with Gasteiger partial charge in [-0.05, 0) is 80.1 Å². The van der Waals surface area contributed by atoms with Gasteiger partial charge >= 0.3 is 19.7 Å². The molecule has 209 valence electrons. The molecule has 1 fully saturated rings. The Bertz CT molecular complexity index is 1120. The molecule has 0 bridgehead atoms. The molecule has 1 unspecified atom stereocenters. The molecule has 13 heteroatoms. The molecular weight excluding hydrogens is 516 g/mol. The second kappa shape index (κ2) is 13.2. The monoisotopic (exact) mass is 547 g/mol. The first-order chi connectivity index (χ1) is 18.8. The van der Waals surface area contributed by atoms with Gasteiger partial charge < -0.3 is 29.2 Å². The maximum Gasteiger partial charge on any atom is 0.471 e. The standard InChI is InChI=1S/C26H31BF3N4O5/c1-37-27-33-13-7-19(8-14-33)9-15-34(25(36)26(28,29)30)23(20-2-3-21-22(16-20)39-17-38-21)24(35)32-12-6-18-4-10-31-11-5-18/h2-5,10-11,16,19,23H,6-9,12-15,17H2,1H3,(H,32,35). The summed E-state index contributed by atoms with van der Waals surface area (Å²) in [4.78, 5) is 32.8. The Morgan fingerprint density at radius 1 is 1.18 bits per heavy atom. The lowest BCUT2D eigenvalue weighted by atomic mass is 9.90. The second-order valence-corrected chi connectivity index (χ2v) is 9.52. The van der Waals surface area contributed by atoms with E-state index in [9.17, 15) is 22.8 Å². The Labute approximate surface area is 225 Å². The van der Waals surface area contributed by atoms with E-state index >= 15 is 0 Å². The second-order valence-electron chi connectivity index (χ2n) is 9.52. The smallest absolute Gasteiger partial charge is 0.454 e. The number of benzene rings is 1. The first kappa shape index (κ1) is 28.7. The third-order valence-corrected chi connectivity index (χ3v) is 6.92. The van der Waals surface area contributed by atoms with Crippen LogP contribution in [0.5, 0.6) is 11.5 Å². The highest BCUT2D eigenvalue weighted by molar-refractivity contribution is 6.23. The van der Waals surface area contributed by atoms with Gasteiger partial charge in [-0.15, -0.1) is 0 Å². The number of hydrogen-bond acceptors (Lipinski definition) is 7. The Balaban J connectivity index is 1.55. The summed E-state index contributed by atoms with van der Waals surface area (Å²) in [6.07, 6.45) is 0.340. The topological polar surface area (TPSA) is 93.2 Å². The van der Waals surface area contributed by atoms with Gasteiger partial charge in [0, 0.05) is 32.6 Å².